The summed E-state index contributed by atoms with van der Waals surface area (Å²) >= 11 is 0. The highest BCUT2D eigenvalue weighted by Crippen LogP contribution is 2.27. The molecule has 1 aliphatic heterocycles. The van der Waals surface area contributed by atoms with Crippen LogP contribution in [0.5, 0.6) is 5.75 Å². The predicted octanol–water partition coefficient (Wildman–Crippen LogP) is 0.0337. The largest absolute Gasteiger partial charge is 0.463 e. The third-order valence-electron chi connectivity index (χ3n) is 4.79. The van der Waals surface area contributed by atoms with Crippen LogP contribution in [0.3, 0.4) is 0 Å². The van der Waals surface area contributed by atoms with Gasteiger partial charge in [-0.25, -0.2) is 0 Å². The average Bonchev–Trinajstić information content (AvgIpc) is 2.75. The van der Waals surface area contributed by atoms with Gasteiger partial charge < -0.3 is 34.3 Å². The number of benzene rings is 1. The quantitative estimate of drug-likeness (QED) is 0.476. The molecule has 3 heterocycles. The number of fused-ring (bicyclic) bond motifs is 1. The van der Waals surface area contributed by atoms with Crippen LogP contribution in [0, 0.1) is 0 Å². The summed E-state index contributed by atoms with van der Waals surface area (Å²) < 4.78 is 16.4. The molecule has 29 heavy (non-hydrogen) atoms. The minimum absolute atomic E-state index is 0.204. The fourth-order valence-corrected chi connectivity index (χ4v) is 3.18. The predicted molar refractivity (Wildman–Crippen MR) is 100 cm³/mol. The van der Waals surface area contributed by atoms with Crippen LogP contribution < -0.4 is 10.2 Å². The first-order valence-electron chi connectivity index (χ1n) is 8.93. The van der Waals surface area contributed by atoms with Gasteiger partial charge >= 0.3 is 0 Å². The molecule has 3 aromatic rings. The summed E-state index contributed by atoms with van der Waals surface area (Å²) in [5.41, 5.74) is 0.798. The van der Waals surface area contributed by atoms with Gasteiger partial charge in [-0.1, -0.05) is 6.07 Å². The van der Waals surface area contributed by atoms with E-state index >= 15 is 0 Å². The summed E-state index contributed by atoms with van der Waals surface area (Å²) in [6.45, 7) is -0.562. The molecule has 0 amide bonds. The highest BCUT2D eigenvalue weighted by atomic mass is 16.7. The number of ether oxygens (including phenoxy) is 2. The number of aromatic nitrogens is 1. The highest BCUT2D eigenvalue weighted by molar-refractivity contribution is 5.81. The lowest BCUT2D eigenvalue weighted by Crippen LogP contribution is -2.60. The molecule has 0 radical (unpaired) electrons. The molecule has 0 bridgehead atoms. The Morgan fingerprint density at radius 1 is 1.07 bits per heavy atom. The van der Waals surface area contributed by atoms with Crippen molar-refractivity contribution < 1.29 is 34.3 Å². The number of hydrogen-bond donors (Lipinski definition) is 4. The molecule has 1 aliphatic rings. The Bertz CT molecular complexity index is 1050. The summed E-state index contributed by atoms with van der Waals surface area (Å²) in [4.78, 5) is 16.9. The van der Waals surface area contributed by atoms with Crippen molar-refractivity contribution in [3.63, 3.8) is 0 Å². The van der Waals surface area contributed by atoms with Crippen LogP contribution in [0.25, 0.3) is 22.2 Å². The van der Waals surface area contributed by atoms with Crippen LogP contribution in [0.2, 0.25) is 0 Å². The molecule has 1 fully saturated rings. The van der Waals surface area contributed by atoms with Gasteiger partial charge in [0.2, 0.25) is 11.7 Å². The first kappa shape index (κ1) is 19.5. The van der Waals surface area contributed by atoms with Gasteiger partial charge in [-0.2, -0.15) is 0 Å². The minimum Gasteiger partial charge on any atom is -0.463 e. The lowest BCUT2D eigenvalue weighted by molar-refractivity contribution is -0.277. The van der Waals surface area contributed by atoms with E-state index in [1.54, 1.807) is 24.4 Å². The maximum Gasteiger partial charge on any atom is 0.229 e. The smallest absolute Gasteiger partial charge is 0.229 e. The van der Waals surface area contributed by atoms with Crippen molar-refractivity contribution >= 4 is 11.0 Å². The van der Waals surface area contributed by atoms with Gasteiger partial charge in [-0.15, -0.1) is 0 Å². The molecule has 4 rings (SSSR count). The third-order valence-corrected chi connectivity index (χ3v) is 4.79. The van der Waals surface area contributed by atoms with Crippen LogP contribution in [-0.2, 0) is 4.74 Å². The number of aliphatic hydroxyl groups is 4. The van der Waals surface area contributed by atoms with Gasteiger partial charge in [0.15, 0.2) is 0 Å². The van der Waals surface area contributed by atoms with E-state index < -0.39 is 37.3 Å². The van der Waals surface area contributed by atoms with E-state index in [-0.39, 0.29) is 16.8 Å². The topological polar surface area (TPSA) is 142 Å². The molecule has 9 nitrogen and oxygen atoms in total. The molecule has 5 atom stereocenters. The fourth-order valence-electron chi connectivity index (χ4n) is 3.18. The number of nitrogens with zero attached hydrogens (tertiary/aromatic N) is 1. The van der Waals surface area contributed by atoms with E-state index in [0.29, 0.717) is 16.6 Å². The van der Waals surface area contributed by atoms with Gasteiger partial charge in [0, 0.05) is 12.3 Å². The molecule has 2 aromatic heterocycles. The van der Waals surface area contributed by atoms with E-state index in [4.69, 9.17) is 13.9 Å². The number of hydrogen-bond acceptors (Lipinski definition) is 9. The number of pyridine rings is 1. The highest BCUT2D eigenvalue weighted by Gasteiger charge is 2.44. The van der Waals surface area contributed by atoms with Crippen LogP contribution in [0.1, 0.15) is 0 Å². The Labute approximate surface area is 164 Å². The maximum absolute atomic E-state index is 12.7. The van der Waals surface area contributed by atoms with E-state index in [2.05, 4.69) is 4.98 Å². The van der Waals surface area contributed by atoms with E-state index in [0.717, 1.165) is 0 Å². The maximum atomic E-state index is 12.7. The molecule has 0 saturated carbocycles. The van der Waals surface area contributed by atoms with Crippen molar-refractivity contribution in [2.24, 2.45) is 0 Å². The molecule has 4 N–H and O–H groups in total. The second kappa shape index (κ2) is 7.90. The zero-order valence-electron chi connectivity index (χ0n) is 15.1. The molecular weight excluding hydrogens is 382 g/mol. The molecular formula is C20H19NO8. The SMILES string of the molecule is O=c1c(-c2ccccn2)coc2cc(O[C@H]3O[C@@H](CO)[C@H](O)[C@@H](O)[C@@H]3O)ccc12. The van der Waals surface area contributed by atoms with Gasteiger partial charge in [-0.3, -0.25) is 9.78 Å². The molecule has 9 heteroatoms. The standard InChI is InChI=1S/C20H19NO8/c22-8-15-17(24)18(25)19(26)20(29-15)28-10-4-5-11-14(7-10)27-9-12(16(11)23)13-3-1-2-6-21-13/h1-7,9,15,17-20,22,24-26H,8H2/t15-,17-,18+,19-,20-/m0/s1. The zero-order valence-corrected chi connectivity index (χ0v) is 15.1. The van der Waals surface area contributed by atoms with E-state index in [1.807, 2.05) is 0 Å². The summed E-state index contributed by atoms with van der Waals surface area (Å²) in [5.74, 6) is 0.204. The Morgan fingerprint density at radius 3 is 2.62 bits per heavy atom. The second-order valence-corrected chi connectivity index (χ2v) is 6.67. The number of rotatable bonds is 4. The number of aliphatic hydroxyl groups excluding tert-OH is 4. The van der Waals surface area contributed by atoms with Crippen molar-refractivity contribution in [3.05, 3.63) is 59.1 Å². The molecule has 1 aromatic carbocycles. The summed E-state index contributed by atoms with van der Waals surface area (Å²) in [6, 6.07) is 9.66. The fraction of sp³-hybridized carbons (Fsp3) is 0.300. The van der Waals surface area contributed by atoms with Crippen molar-refractivity contribution in [1.82, 2.24) is 4.98 Å². The van der Waals surface area contributed by atoms with Crippen molar-refractivity contribution in [2.75, 3.05) is 6.61 Å². The lowest BCUT2D eigenvalue weighted by Gasteiger charge is -2.39. The zero-order chi connectivity index (χ0) is 20.5. The van der Waals surface area contributed by atoms with Gasteiger partial charge in [0.1, 0.15) is 42.0 Å². The third kappa shape index (κ3) is 3.61. The Balaban J connectivity index is 1.62. The van der Waals surface area contributed by atoms with E-state index in [1.165, 1.54) is 24.5 Å². The monoisotopic (exact) mass is 401 g/mol. The van der Waals surface area contributed by atoms with Crippen molar-refractivity contribution in [2.45, 2.75) is 30.7 Å². The van der Waals surface area contributed by atoms with Gasteiger partial charge in [-0.05, 0) is 24.3 Å². The van der Waals surface area contributed by atoms with Crippen LogP contribution in [0.15, 0.2) is 58.1 Å². The first-order chi connectivity index (χ1) is 14.0. The molecule has 0 unspecified atom stereocenters. The molecule has 152 valence electrons. The Kier molecular flexibility index (Phi) is 5.31. The van der Waals surface area contributed by atoms with Gasteiger partial charge in [0.25, 0.3) is 0 Å². The van der Waals surface area contributed by atoms with Crippen LogP contribution in [0.4, 0.5) is 0 Å². The second-order valence-electron chi connectivity index (χ2n) is 6.67. The summed E-state index contributed by atoms with van der Waals surface area (Å²) in [5, 5.41) is 39.3. The van der Waals surface area contributed by atoms with Crippen molar-refractivity contribution in [3.8, 4) is 17.0 Å². The molecule has 1 saturated heterocycles. The van der Waals surface area contributed by atoms with Gasteiger partial charge in [0.05, 0.1) is 23.3 Å². The molecule has 0 aliphatic carbocycles. The summed E-state index contributed by atoms with van der Waals surface area (Å²) in [6.07, 6.45) is -4.09. The lowest BCUT2D eigenvalue weighted by atomic mass is 9.99. The van der Waals surface area contributed by atoms with Crippen molar-refractivity contribution in [1.29, 1.82) is 0 Å². The minimum atomic E-state index is -1.55. The average molecular weight is 401 g/mol. The van der Waals surface area contributed by atoms with Crippen LogP contribution in [-0.4, -0.2) is 62.7 Å². The Hall–Kier alpha value is -2.82. The normalized spacial score (nSPS) is 27.1. The Morgan fingerprint density at radius 2 is 1.90 bits per heavy atom. The first-order valence-corrected chi connectivity index (χ1v) is 8.93. The summed E-state index contributed by atoms with van der Waals surface area (Å²) in [7, 11) is 0. The molecule has 0 spiro atoms. The van der Waals surface area contributed by atoms with Crippen LogP contribution >= 0.6 is 0 Å². The van der Waals surface area contributed by atoms with E-state index in [9.17, 15) is 25.2 Å².